The van der Waals surface area contributed by atoms with Crippen molar-refractivity contribution in [3.05, 3.63) is 33.1 Å². The van der Waals surface area contributed by atoms with Crippen LogP contribution in [0.3, 0.4) is 0 Å². The second-order valence-electron chi connectivity index (χ2n) is 2.31. The minimum Gasteiger partial charge on any atom is -0.230 e. The van der Waals surface area contributed by atoms with Gasteiger partial charge in [0, 0.05) is 15.9 Å². The van der Waals surface area contributed by atoms with Crippen molar-refractivity contribution >= 4 is 37.5 Å². The molecule has 0 unspecified atom stereocenters. The van der Waals surface area contributed by atoms with Gasteiger partial charge in [-0.1, -0.05) is 37.9 Å². The molecule has 0 spiro atoms. The molecule has 0 N–H and O–H groups in total. The molecule has 0 saturated heterocycles. The van der Waals surface area contributed by atoms with Crippen LogP contribution in [-0.2, 0) is 10.2 Å². The van der Waals surface area contributed by atoms with Gasteiger partial charge in [-0.3, -0.25) is 0 Å². The third-order valence-electron chi connectivity index (χ3n) is 1.59. The van der Waals surface area contributed by atoms with Gasteiger partial charge in [0.1, 0.15) is 0 Å². The molecule has 0 aromatic heterocycles. The van der Waals surface area contributed by atoms with Crippen LogP contribution in [0, 0.1) is 4.91 Å². The van der Waals surface area contributed by atoms with Crippen LogP contribution < -0.4 is 0 Å². The van der Waals surface area contributed by atoms with Gasteiger partial charge in [-0.05, 0) is 6.07 Å². The molecule has 0 amide bonds. The normalized spacial score (nSPS) is 9.77. The quantitative estimate of drug-likeness (QED) is 0.633. The Labute approximate surface area is 92.9 Å². The lowest BCUT2D eigenvalue weighted by Crippen LogP contribution is -2.01. The Morgan fingerprint density at radius 1 is 1.54 bits per heavy atom. The first-order chi connectivity index (χ1) is 6.20. The van der Waals surface area contributed by atoms with Crippen LogP contribution in [0.1, 0.15) is 5.56 Å². The topological polar surface area (TPSA) is 29.3 Å². The van der Waals surface area contributed by atoms with Crippen LogP contribution in [0.4, 0.5) is 5.69 Å². The number of hydrogen-bond acceptors (Lipinski definition) is 2. The highest BCUT2D eigenvalue weighted by atomic mass is 79.9. The van der Waals surface area contributed by atoms with E-state index in [0.717, 1.165) is 10.0 Å². The summed E-state index contributed by atoms with van der Waals surface area (Å²) < 4.78 is 0.889. The SMILES string of the molecule is CO[N+](=O)c1cccc(Br)c1CBr. The van der Waals surface area contributed by atoms with Gasteiger partial charge in [-0.2, -0.15) is 0 Å². The molecule has 0 aliphatic heterocycles. The largest absolute Gasteiger partial charge is 0.321 e. The zero-order valence-electron chi connectivity index (χ0n) is 6.96. The minimum absolute atomic E-state index is 0.487. The van der Waals surface area contributed by atoms with E-state index >= 15 is 0 Å². The molecule has 0 fully saturated rings. The molecule has 3 nitrogen and oxygen atoms in total. The van der Waals surface area contributed by atoms with E-state index in [9.17, 15) is 4.91 Å². The van der Waals surface area contributed by atoms with Gasteiger partial charge in [-0.15, -0.1) is 0 Å². The van der Waals surface area contributed by atoms with E-state index in [2.05, 4.69) is 36.7 Å². The summed E-state index contributed by atoms with van der Waals surface area (Å²) in [6.07, 6.45) is 0. The van der Waals surface area contributed by atoms with Crippen molar-refractivity contribution in [1.29, 1.82) is 0 Å². The Kier molecular flexibility index (Phi) is 3.87. The number of nitrogens with zero attached hydrogens (tertiary/aromatic N) is 1. The van der Waals surface area contributed by atoms with Crippen LogP contribution in [0.15, 0.2) is 22.7 Å². The monoisotopic (exact) mass is 308 g/mol. The Hall–Kier alpha value is -0.420. The van der Waals surface area contributed by atoms with Gasteiger partial charge in [0.05, 0.1) is 10.5 Å². The lowest BCUT2D eigenvalue weighted by atomic mass is 10.2. The zero-order chi connectivity index (χ0) is 9.84. The Morgan fingerprint density at radius 3 is 2.77 bits per heavy atom. The smallest absolute Gasteiger partial charge is 0.230 e. The fraction of sp³-hybridized carbons (Fsp3) is 0.250. The van der Waals surface area contributed by atoms with E-state index in [4.69, 9.17) is 0 Å². The first-order valence-corrected chi connectivity index (χ1v) is 5.47. The Morgan fingerprint density at radius 2 is 2.23 bits per heavy atom. The van der Waals surface area contributed by atoms with Gasteiger partial charge in [0.25, 0.3) is 4.92 Å². The summed E-state index contributed by atoms with van der Waals surface area (Å²) in [4.78, 5) is 16.3. The first-order valence-electron chi connectivity index (χ1n) is 3.55. The van der Waals surface area contributed by atoms with E-state index in [1.807, 2.05) is 6.07 Å². The molecule has 0 saturated carbocycles. The molecule has 0 aliphatic rings. The summed E-state index contributed by atoms with van der Waals surface area (Å²) in [6.45, 7) is 0. The second kappa shape index (κ2) is 4.72. The van der Waals surface area contributed by atoms with Crippen LogP contribution in [0.5, 0.6) is 0 Å². The number of alkyl halides is 1. The van der Waals surface area contributed by atoms with Crippen LogP contribution in [-0.4, -0.2) is 12.0 Å². The summed E-state index contributed by atoms with van der Waals surface area (Å²) in [5.41, 5.74) is 1.38. The van der Waals surface area contributed by atoms with Gasteiger partial charge in [0.15, 0.2) is 7.11 Å². The first kappa shape index (κ1) is 10.7. The average molecular weight is 310 g/mol. The highest BCUT2D eigenvalue weighted by molar-refractivity contribution is 9.10. The predicted octanol–water partition coefficient (Wildman–Crippen LogP) is 3.32. The molecule has 13 heavy (non-hydrogen) atoms. The highest BCUT2D eigenvalue weighted by Gasteiger charge is 2.21. The molecular formula is C8H8Br2NO2+. The Balaban J connectivity index is 3.20. The summed E-state index contributed by atoms with van der Waals surface area (Å²) in [5, 5.41) is 0.603. The van der Waals surface area contributed by atoms with Crippen LogP contribution in [0.2, 0.25) is 0 Å². The van der Waals surface area contributed by atoms with Crippen LogP contribution >= 0.6 is 31.9 Å². The molecule has 0 radical (unpaired) electrons. The van der Waals surface area contributed by atoms with E-state index in [0.29, 0.717) is 15.9 Å². The molecule has 1 aromatic carbocycles. The average Bonchev–Trinajstić information content (AvgIpc) is 2.16. The second-order valence-corrected chi connectivity index (χ2v) is 3.73. The van der Waals surface area contributed by atoms with E-state index in [1.54, 1.807) is 12.1 Å². The number of hydrogen-bond donors (Lipinski definition) is 0. The van der Waals surface area contributed by atoms with Gasteiger partial charge in [0.2, 0.25) is 0 Å². The fourth-order valence-corrected chi connectivity index (χ4v) is 2.41. The maximum absolute atomic E-state index is 11.2. The third-order valence-corrected chi connectivity index (χ3v) is 2.89. The van der Waals surface area contributed by atoms with E-state index in [1.165, 1.54) is 7.11 Å². The molecular weight excluding hydrogens is 302 g/mol. The van der Waals surface area contributed by atoms with Crippen molar-refractivity contribution in [1.82, 2.24) is 0 Å². The molecule has 0 heterocycles. The maximum Gasteiger partial charge on any atom is 0.321 e. The number of benzene rings is 1. The van der Waals surface area contributed by atoms with Crippen molar-refractivity contribution in [3.63, 3.8) is 0 Å². The number of halogens is 2. The van der Waals surface area contributed by atoms with Crippen LogP contribution in [0.25, 0.3) is 0 Å². The Bertz CT molecular complexity index is 328. The van der Waals surface area contributed by atoms with Crippen molar-refractivity contribution < 1.29 is 9.76 Å². The van der Waals surface area contributed by atoms with Crippen molar-refractivity contribution in [2.45, 2.75) is 5.33 Å². The predicted molar refractivity (Wildman–Crippen MR) is 57.1 cm³/mol. The summed E-state index contributed by atoms with van der Waals surface area (Å²) in [5.74, 6) is 0. The summed E-state index contributed by atoms with van der Waals surface area (Å²) >= 11 is 6.66. The van der Waals surface area contributed by atoms with Gasteiger partial charge in [-0.25, -0.2) is 4.84 Å². The van der Waals surface area contributed by atoms with Gasteiger partial charge < -0.3 is 0 Å². The molecule has 1 rings (SSSR count). The number of rotatable bonds is 3. The molecule has 0 bridgehead atoms. The lowest BCUT2D eigenvalue weighted by molar-refractivity contribution is -0.737. The van der Waals surface area contributed by atoms with E-state index < -0.39 is 0 Å². The van der Waals surface area contributed by atoms with Crippen molar-refractivity contribution in [2.24, 2.45) is 0 Å². The van der Waals surface area contributed by atoms with Crippen molar-refractivity contribution in [3.8, 4) is 0 Å². The third kappa shape index (κ3) is 2.28. The minimum atomic E-state index is 0.487. The standard InChI is InChI=1S/C8H8Br2NO2/c1-13-11(12)8-4-2-3-7(10)6(8)5-9/h2-4H,5H2,1H3/q+1. The lowest BCUT2D eigenvalue weighted by Gasteiger charge is -1.98. The van der Waals surface area contributed by atoms with Gasteiger partial charge >= 0.3 is 5.69 Å². The summed E-state index contributed by atoms with van der Waals surface area (Å²) in [7, 11) is 1.34. The summed E-state index contributed by atoms with van der Waals surface area (Å²) in [6, 6.07) is 5.37. The maximum atomic E-state index is 11.2. The molecule has 5 heteroatoms. The van der Waals surface area contributed by atoms with E-state index in [-0.39, 0.29) is 0 Å². The van der Waals surface area contributed by atoms with Crippen molar-refractivity contribution in [2.75, 3.05) is 7.11 Å². The molecule has 70 valence electrons. The zero-order valence-corrected chi connectivity index (χ0v) is 10.1. The molecule has 1 aromatic rings. The fourth-order valence-electron chi connectivity index (χ4n) is 0.949. The molecule has 0 aliphatic carbocycles. The molecule has 0 atom stereocenters. The highest BCUT2D eigenvalue weighted by Crippen LogP contribution is 2.28.